The molecule has 0 spiro atoms. The Morgan fingerprint density at radius 1 is 1.55 bits per heavy atom. The highest BCUT2D eigenvalue weighted by molar-refractivity contribution is 5.90. The second-order valence-corrected chi connectivity index (χ2v) is 4.30. The van der Waals surface area contributed by atoms with Gasteiger partial charge in [0.1, 0.15) is 0 Å². The third kappa shape index (κ3) is 3.35. The van der Waals surface area contributed by atoms with E-state index in [2.05, 4.69) is 10.6 Å². The Balaban J connectivity index is 2.03. The summed E-state index contributed by atoms with van der Waals surface area (Å²) in [5.41, 5.74) is 0.128. The predicted molar refractivity (Wildman–Crippen MR) is 71.0 cm³/mol. The SMILES string of the molecule is COc1ccc(NC(=O)NC2CCOC2)cc1[N+](=O)[O-]. The van der Waals surface area contributed by atoms with Crippen molar-refractivity contribution in [3.8, 4) is 5.75 Å². The molecule has 0 aromatic heterocycles. The molecule has 20 heavy (non-hydrogen) atoms. The van der Waals surface area contributed by atoms with Gasteiger partial charge in [0, 0.05) is 18.4 Å². The van der Waals surface area contributed by atoms with Crippen LogP contribution in [-0.2, 0) is 4.74 Å². The Kier molecular flexibility index (Phi) is 4.36. The van der Waals surface area contributed by atoms with Crippen molar-refractivity contribution in [3.05, 3.63) is 28.3 Å². The van der Waals surface area contributed by atoms with E-state index in [0.29, 0.717) is 18.9 Å². The van der Waals surface area contributed by atoms with Gasteiger partial charge in [-0.05, 0) is 18.6 Å². The fraction of sp³-hybridized carbons (Fsp3) is 0.417. The van der Waals surface area contributed by atoms with Gasteiger partial charge in [-0.3, -0.25) is 10.1 Å². The topological polar surface area (TPSA) is 103 Å². The minimum atomic E-state index is -0.563. The molecule has 108 valence electrons. The Morgan fingerprint density at radius 3 is 2.95 bits per heavy atom. The summed E-state index contributed by atoms with van der Waals surface area (Å²) < 4.78 is 10.0. The average molecular weight is 281 g/mol. The van der Waals surface area contributed by atoms with Gasteiger partial charge in [0.05, 0.1) is 24.7 Å². The van der Waals surface area contributed by atoms with Gasteiger partial charge >= 0.3 is 11.7 Å². The first-order valence-corrected chi connectivity index (χ1v) is 6.08. The molecule has 0 radical (unpaired) electrons. The molecule has 1 saturated heterocycles. The molecule has 8 nitrogen and oxygen atoms in total. The quantitative estimate of drug-likeness (QED) is 0.643. The van der Waals surface area contributed by atoms with Crippen LogP contribution >= 0.6 is 0 Å². The zero-order chi connectivity index (χ0) is 14.5. The lowest BCUT2D eigenvalue weighted by molar-refractivity contribution is -0.385. The Morgan fingerprint density at radius 2 is 2.35 bits per heavy atom. The first-order chi connectivity index (χ1) is 9.60. The Bertz CT molecular complexity index is 514. The number of carbonyl (C=O) groups excluding carboxylic acids is 1. The predicted octanol–water partition coefficient (Wildman–Crippen LogP) is 1.51. The molecule has 2 N–H and O–H groups in total. The lowest BCUT2D eigenvalue weighted by Crippen LogP contribution is -2.38. The molecule has 8 heteroatoms. The van der Waals surface area contributed by atoms with E-state index in [4.69, 9.17) is 9.47 Å². The van der Waals surface area contributed by atoms with E-state index in [1.54, 1.807) is 0 Å². The molecule has 0 saturated carbocycles. The normalized spacial score (nSPS) is 17.6. The van der Waals surface area contributed by atoms with Gasteiger partial charge in [0.15, 0.2) is 5.75 Å². The van der Waals surface area contributed by atoms with Crippen molar-refractivity contribution in [2.75, 3.05) is 25.6 Å². The fourth-order valence-electron chi connectivity index (χ4n) is 1.91. The minimum Gasteiger partial charge on any atom is -0.490 e. The van der Waals surface area contributed by atoms with E-state index >= 15 is 0 Å². The molecular formula is C12H15N3O5. The standard InChI is InChI=1S/C12H15N3O5/c1-19-11-3-2-8(6-10(11)15(17)18)13-12(16)14-9-4-5-20-7-9/h2-3,6,9H,4-5,7H2,1H3,(H2,13,14,16). The van der Waals surface area contributed by atoms with Crippen LogP contribution in [0, 0.1) is 10.1 Å². The van der Waals surface area contributed by atoms with Crippen molar-refractivity contribution < 1.29 is 19.2 Å². The molecule has 1 aliphatic heterocycles. The van der Waals surface area contributed by atoms with E-state index in [1.807, 2.05) is 0 Å². The third-order valence-electron chi connectivity index (χ3n) is 2.90. The number of nitro benzene ring substituents is 1. The molecule has 1 aliphatic rings. The molecule has 1 atom stereocenters. The van der Waals surface area contributed by atoms with E-state index in [9.17, 15) is 14.9 Å². The molecule has 0 bridgehead atoms. The molecule has 1 aromatic carbocycles. The number of ether oxygens (including phenoxy) is 2. The number of nitrogens with one attached hydrogen (secondary N) is 2. The van der Waals surface area contributed by atoms with Gasteiger partial charge in [0.2, 0.25) is 0 Å². The number of benzene rings is 1. The van der Waals surface area contributed by atoms with Crippen LogP contribution < -0.4 is 15.4 Å². The van der Waals surface area contributed by atoms with E-state index in [1.165, 1.54) is 25.3 Å². The smallest absolute Gasteiger partial charge is 0.319 e. The second kappa shape index (κ2) is 6.20. The van der Waals surface area contributed by atoms with Crippen LogP contribution in [0.25, 0.3) is 0 Å². The third-order valence-corrected chi connectivity index (χ3v) is 2.90. The molecule has 2 amide bonds. The van der Waals surface area contributed by atoms with Gasteiger partial charge in [-0.2, -0.15) is 0 Å². The van der Waals surface area contributed by atoms with Crippen LogP contribution in [0.3, 0.4) is 0 Å². The highest BCUT2D eigenvalue weighted by atomic mass is 16.6. The summed E-state index contributed by atoms with van der Waals surface area (Å²) in [6, 6.07) is 3.79. The lowest BCUT2D eigenvalue weighted by Gasteiger charge is -2.12. The first-order valence-electron chi connectivity index (χ1n) is 6.08. The van der Waals surface area contributed by atoms with Gasteiger partial charge in [0.25, 0.3) is 0 Å². The number of nitrogens with zero attached hydrogens (tertiary/aromatic N) is 1. The van der Waals surface area contributed by atoms with Crippen molar-refractivity contribution in [2.45, 2.75) is 12.5 Å². The fourth-order valence-corrected chi connectivity index (χ4v) is 1.91. The molecule has 1 heterocycles. The summed E-state index contributed by atoms with van der Waals surface area (Å²) in [7, 11) is 1.35. The summed E-state index contributed by atoms with van der Waals surface area (Å²) >= 11 is 0. The number of carbonyl (C=O) groups is 1. The molecule has 1 aromatic rings. The average Bonchev–Trinajstić information content (AvgIpc) is 2.91. The Labute approximate surface area is 115 Å². The maximum absolute atomic E-state index is 11.7. The van der Waals surface area contributed by atoms with E-state index in [0.717, 1.165) is 6.42 Å². The monoisotopic (exact) mass is 281 g/mol. The largest absolute Gasteiger partial charge is 0.490 e. The molecule has 0 aliphatic carbocycles. The van der Waals surface area contributed by atoms with Crippen LogP contribution in [0.2, 0.25) is 0 Å². The van der Waals surface area contributed by atoms with Gasteiger partial charge < -0.3 is 20.1 Å². The van der Waals surface area contributed by atoms with E-state index in [-0.39, 0.29) is 17.5 Å². The van der Waals surface area contributed by atoms with Crippen LogP contribution in [0.4, 0.5) is 16.2 Å². The molecule has 1 unspecified atom stereocenters. The molecular weight excluding hydrogens is 266 g/mol. The number of nitro groups is 1. The van der Waals surface area contributed by atoms with Gasteiger partial charge in [-0.15, -0.1) is 0 Å². The summed E-state index contributed by atoms with van der Waals surface area (Å²) in [6.07, 6.45) is 0.760. The van der Waals surface area contributed by atoms with Crippen molar-refractivity contribution >= 4 is 17.4 Å². The number of hydrogen-bond acceptors (Lipinski definition) is 5. The van der Waals surface area contributed by atoms with Gasteiger partial charge in [-0.1, -0.05) is 0 Å². The molecule has 2 rings (SSSR count). The number of rotatable bonds is 4. The maximum Gasteiger partial charge on any atom is 0.319 e. The van der Waals surface area contributed by atoms with Crippen LogP contribution in [0.1, 0.15) is 6.42 Å². The van der Waals surface area contributed by atoms with Crippen LogP contribution in [0.15, 0.2) is 18.2 Å². The first kappa shape index (κ1) is 14.1. The number of amides is 2. The highest BCUT2D eigenvalue weighted by Crippen LogP contribution is 2.29. The summed E-state index contributed by atoms with van der Waals surface area (Å²) in [6.45, 7) is 1.11. The summed E-state index contributed by atoms with van der Waals surface area (Å²) in [4.78, 5) is 22.0. The number of urea groups is 1. The van der Waals surface area contributed by atoms with Crippen LogP contribution in [0.5, 0.6) is 5.75 Å². The Hall–Kier alpha value is -2.35. The number of anilines is 1. The number of hydrogen-bond donors (Lipinski definition) is 2. The minimum absolute atomic E-state index is 0.0248. The maximum atomic E-state index is 11.7. The molecule has 1 fully saturated rings. The van der Waals surface area contributed by atoms with E-state index < -0.39 is 11.0 Å². The van der Waals surface area contributed by atoms with Crippen molar-refractivity contribution in [2.24, 2.45) is 0 Å². The van der Waals surface area contributed by atoms with Crippen molar-refractivity contribution in [3.63, 3.8) is 0 Å². The second-order valence-electron chi connectivity index (χ2n) is 4.30. The van der Waals surface area contributed by atoms with Crippen molar-refractivity contribution in [1.82, 2.24) is 5.32 Å². The number of methoxy groups -OCH3 is 1. The van der Waals surface area contributed by atoms with Crippen LogP contribution in [-0.4, -0.2) is 37.3 Å². The zero-order valence-electron chi connectivity index (χ0n) is 10.9. The van der Waals surface area contributed by atoms with Gasteiger partial charge in [-0.25, -0.2) is 4.79 Å². The summed E-state index contributed by atoms with van der Waals surface area (Å²) in [5.74, 6) is 0.144. The summed E-state index contributed by atoms with van der Waals surface area (Å²) in [5, 5.41) is 16.2. The zero-order valence-corrected chi connectivity index (χ0v) is 10.9. The lowest BCUT2D eigenvalue weighted by atomic mass is 10.2. The van der Waals surface area contributed by atoms with Crippen molar-refractivity contribution in [1.29, 1.82) is 0 Å². The highest BCUT2D eigenvalue weighted by Gasteiger charge is 2.19.